The molecule has 31 heavy (non-hydrogen) atoms. The molecule has 0 bridgehead atoms. The zero-order valence-corrected chi connectivity index (χ0v) is 20.2. The minimum absolute atomic E-state index is 0.0101. The lowest BCUT2D eigenvalue weighted by molar-refractivity contribution is -0.769. The second-order valence-corrected chi connectivity index (χ2v) is 11.5. The second kappa shape index (κ2) is 9.07. The molecule has 2 rings (SSSR count). The highest BCUT2D eigenvalue weighted by Gasteiger charge is 2.42. The molecular weight excluding hydrogens is 406 g/mol. The first-order valence-electron chi connectivity index (χ1n) is 11.0. The van der Waals surface area contributed by atoms with Crippen LogP contribution in [0.1, 0.15) is 81.1 Å². The van der Waals surface area contributed by atoms with Gasteiger partial charge in [0.2, 0.25) is 0 Å². The highest BCUT2D eigenvalue weighted by atomic mass is 17.0. The summed E-state index contributed by atoms with van der Waals surface area (Å²) in [6.45, 7) is 15.0. The highest BCUT2D eigenvalue weighted by Crippen LogP contribution is 2.40. The van der Waals surface area contributed by atoms with Crippen LogP contribution in [0.5, 0.6) is 0 Å². The molecule has 0 unspecified atom stereocenters. The van der Waals surface area contributed by atoms with Gasteiger partial charge in [-0.15, -0.1) is 10.1 Å². The molecule has 0 saturated carbocycles. The molecule has 0 aromatic heterocycles. The Morgan fingerprint density at radius 1 is 0.774 bits per heavy atom. The summed E-state index contributed by atoms with van der Waals surface area (Å²) >= 11 is 0. The summed E-state index contributed by atoms with van der Waals surface area (Å²) in [6, 6.07) is 0. The largest absolute Gasteiger partial charge is 0.784 e. The fourth-order valence-corrected chi connectivity index (χ4v) is 5.30. The van der Waals surface area contributed by atoms with Crippen LogP contribution in [-0.2, 0) is 14.3 Å². The van der Waals surface area contributed by atoms with Gasteiger partial charge in [0, 0.05) is 22.2 Å². The van der Waals surface area contributed by atoms with Crippen molar-refractivity contribution < 1.29 is 19.4 Å². The Hall–Kier alpha value is -1.04. The average Bonchev–Trinajstić information content (AvgIpc) is 2.58. The van der Waals surface area contributed by atoms with Crippen LogP contribution in [0, 0.1) is 20.5 Å². The van der Waals surface area contributed by atoms with Gasteiger partial charge in [0.1, 0.15) is 0 Å². The van der Waals surface area contributed by atoms with E-state index in [2.05, 4.69) is 0 Å². The molecule has 0 aromatic rings. The zero-order chi connectivity index (χ0) is 23.8. The number of hydroxylamine groups is 4. The minimum atomic E-state index is -0.886. The average molecular weight is 446 g/mol. The first kappa shape index (κ1) is 26.2. The van der Waals surface area contributed by atoms with Crippen molar-refractivity contribution in [3.05, 3.63) is 20.5 Å². The van der Waals surface area contributed by atoms with Crippen LogP contribution in [-0.4, -0.2) is 68.9 Å². The Bertz CT molecular complexity index is 556. The van der Waals surface area contributed by atoms with E-state index < -0.39 is 33.3 Å². The second-order valence-electron chi connectivity index (χ2n) is 11.5. The summed E-state index contributed by atoms with van der Waals surface area (Å²) in [5, 5.41) is 37.4. The fourth-order valence-electron chi connectivity index (χ4n) is 5.30. The summed E-state index contributed by atoms with van der Waals surface area (Å²) < 4.78 is 11.9. The number of rotatable bonds is 8. The van der Waals surface area contributed by atoms with E-state index in [1.165, 1.54) is 0 Å². The SMILES string of the molecule is CC1(C)CC(OCC(COC2CC(C)(C)N([O-])C(C)(C)C2)O[N+](=O)[O-])CC(C)(C)N1[O-]. The molecule has 0 aromatic carbocycles. The van der Waals surface area contributed by atoms with Gasteiger partial charge in [-0.2, -0.15) is 0 Å². The van der Waals surface area contributed by atoms with Crippen LogP contribution in [0.4, 0.5) is 0 Å². The molecule has 0 aliphatic carbocycles. The van der Waals surface area contributed by atoms with Crippen molar-refractivity contribution in [2.24, 2.45) is 0 Å². The van der Waals surface area contributed by atoms with Crippen molar-refractivity contribution in [3.8, 4) is 0 Å². The summed E-state index contributed by atoms with van der Waals surface area (Å²) in [7, 11) is 0. The van der Waals surface area contributed by atoms with Gasteiger partial charge in [0.15, 0.2) is 6.10 Å². The maximum atomic E-state index is 12.5. The molecule has 0 spiro atoms. The van der Waals surface area contributed by atoms with Crippen molar-refractivity contribution in [2.45, 2.75) is 122 Å². The Labute approximate surface area is 185 Å². The monoisotopic (exact) mass is 445 g/mol. The van der Waals surface area contributed by atoms with Gasteiger partial charge < -0.3 is 34.9 Å². The molecule has 2 saturated heterocycles. The van der Waals surface area contributed by atoms with E-state index in [1.54, 1.807) is 0 Å². The van der Waals surface area contributed by atoms with Crippen molar-refractivity contribution in [2.75, 3.05) is 13.2 Å². The maximum absolute atomic E-state index is 12.5. The summed E-state index contributed by atoms with van der Waals surface area (Å²) in [5.74, 6) is 0. The molecule has 2 fully saturated rings. The molecule has 182 valence electrons. The van der Waals surface area contributed by atoms with Crippen molar-refractivity contribution in [3.63, 3.8) is 0 Å². The van der Waals surface area contributed by atoms with Gasteiger partial charge in [-0.25, -0.2) is 0 Å². The standard InChI is InChI=1S/C21H39N3O7/c1-18(2)9-15(10-19(3,4)22(18)25)29-13-17(31-24(27)28)14-30-16-11-20(5,6)23(26)21(7,8)12-16/h15-17H,9-14H2,1-8H3/q-2. The predicted molar refractivity (Wildman–Crippen MR) is 117 cm³/mol. The summed E-state index contributed by atoms with van der Waals surface area (Å²) in [4.78, 5) is 15.8. The van der Waals surface area contributed by atoms with Gasteiger partial charge in [-0.3, -0.25) is 0 Å². The van der Waals surface area contributed by atoms with Gasteiger partial charge in [0.05, 0.1) is 25.4 Å². The van der Waals surface area contributed by atoms with Crippen LogP contribution in [0.15, 0.2) is 0 Å². The van der Waals surface area contributed by atoms with Crippen LogP contribution in [0.25, 0.3) is 0 Å². The third kappa shape index (κ3) is 6.49. The Kier molecular flexibility index (Phi) is 7.67. The number of nitrogens with zero attached hydrogens (tertiary/aromatic N) is 3. The lowest BCUT2D eigenvalue weighted by Gasteiger charge is -2.59. The van der Waals surface area contributed by atoms with Crippen LogP contribution in [0.2, 0.25) is 0 Å². The predicted octanol–water partition coefficient (Wildman–Crippen LogP) is 3.64. The van der Waals surface area contributed by atoms with E-state index in [-0.39, 0.29) is 25.4 Å². The Morgan fingerprint density at radius 2 is 1.06 bits per heavy atom. The van der Waals surface area contributed by atoms with Crippen LogP contribution in [0.3, 0.4) is 0 Å². The normalized spacial score (nSPS) is 26.8. The highest BCUT2D eigenvalue weighted by molar-refractivity contribution is 5.02. The van der Waals surface area contributed by atoms with Gasteiger partial charge in [-0.05, 0) is 81.1 Å². The van der Waals surface area contributed by atoms with E-state index in [9.17, 15) is 20.5 Å². The number of piperidine rings is 2. The molecular formula is C21H39N3O7-2. The lowest BCUT2D eigenvalue weighted by Crippen LogP contribution is -2.59. The summed E-state index contributed by atoms with van der Waals surface area (Å²) in [5.41, 5.74) is -2.37. The van der Waals surface area contributed by atoms with Gasteiger partial charge in [-0.1, -0.05) is 0 Å². The quantitative estimate of drug-likeness (QED) is 0.407. The zero-order valence-electron chi connectivity index (χ0n) is 20.2. The molecule has 0 N–H and O–H groups in total. The molecule has 2 aliphatic heterocycles. The van der Waals surface area contributed by atoms with Gasteiger partial charge in [0.25, 0.3) is 5.09 Å². The van der Waals surface area contributed by atoms with Crippen LogP contribution >= 0.6 is 0 Å². The molecule has 0 atom stereocenters. The third-order valence-corrected chi connectivity index (χ3v) is 6.38. The molecule has 2 aliphatic rings. The van der Waals surface area contributed by atoms with Crippen molar-refractivity contribution in [1.82, 2.24) is 10.1 Å². The molecule has 10 nitrogen and oxygen atoms in total. The Balaban J connectivity index is 1.96. The van der Waals surface area contributed by atoms with E-state index in [1.807, 2.05) is 55.4 Å². The molecule has 10 heteroatoms. The number of hydrogen-bond donors (Lipinski definition) is 0. The molecule has 0 radical (unpaired) electrons. The molecule has 0 amide bonds. The van der Waals surface area contributed by atoms with Crippen molar-refractivity contribution in [1.29, 1.82) is 0 Å². The topological polar surface area (TPSA) is 123 Å². The number of ether oxygens (including phenoxy) is 2. The fraction of sp³-hybridized carbons (Fsp3) is 1.00. The van der Waals surface area contributed by atoms with E-state index >= 15 is 0 Å². The molecule has 2 heterocycles. The minimum Gasteiger partial charge on any atom is -0.784 e. The van der Waals surface area contributed by atoms with E-state index in [0.717, 1.165) is 10.1 Å². The lowest BCUT2D eigenvalue weighted by atomic mass is 9.80. The van der Waals surface area contributed by atoms with E-state index in [0.29, 0.717) is 25.7 Å². The smallest absolute Gasteiger partial charge is 0.294 e. The Morgan fingerprint density at radius 3 is 1.32 bits per heavy atom. The maximum Gasteiger partial charge on any atom is 0.294 e. The van der Waals surface area contributed by atoms with Crippen LogP contribution < -0.4 is 0 Å². The summed E-state index contributed by atoms with van der Waals surface area (Å²) in [6.07, 6.45) is 0.784. The first-order valence-corrected chi connectivity index (χ1v) is 11.0. The third-order valence-electron chi connectivity index (χ3n) is 6.38. The van der Waals surface area contributed by atoms with E-state index in [4.69, 9.17) is 14.3 Å². The van der Waals surface area contributed by atoms with Gasteiger partial charge >= 0.3 is 0 Å². The first-order chi connectivity index (χ1) is 14.0. The number of hydrogen-bond acceptors (Lipinski definition) is 9. The van der Waals surface area contributed by atoms with Crippen molar-refractivity contribution >= 4 is 0 Å².